The highest BCUT2D eigenvalue weighted by molar-refractivity contribution is 7.10. The van der Waals surface area contributed by atoms with Crippen LogP contribution >= 0.6 is 11.3 Å². The predicted molar refractivity (Wildman–Crippen MR) is 108 cm³/mol. The van der Waals surface area contributed by atoms with Crippen LogP contribution in [0.25, 0.3) is 5.76 Å². The Morgan fingerprint density at radius 3 is 2.43 bits per heavy atom. The molecule has 0 bridgehead atoms. The zero-order chi connectivity index (χ0) is 21.4. The number of ether oxygens (including phenoxy) is 1. The lowest BCUT2D eigenvalue weighted by Crippen LogP contribution is -2.30. The molecule has 2 aromatic carbocycles. The van der Waals surface area contributed by atoms with Crippen molar-refractivity contribution in [3.8, 4) is 5.75 Å². The van der Waals surface area contributed by atoms with E-state index in [-0.39, 0.29) is 17.0 Å². The van der Waals surface area contributed by atoms with Crippen LogP contribution in [0, 0.1) is 11.6 Å². The summed E-state index contributed by atoms with van der Waals surface area (Å²) in [5.41, 5.74) is -0.114. The van der Waals surface area contributed by atoms with Gasteiger partial charge in [0.25, 0.3) is 11.7 Å². The molecule has 1 N–H and O–H groups in total. The number of carbonyl (C=O) groups excluding carboxylic acids is 2. The Hall–Kier alpha value is -3.52. The molecule has 5 nitrogen and oxygen atoms in total. The van der Waals surface area contributed by atoms with Crippen LogP contribution < -0.4 is 9.64 Å². The van der Waals surface area contributed by atoms with Gasteiger partial charge in [-0.05, 0) is 47.8 Å². The van der Waals surface area contributed by atoms with Crippen molar-refractivity contribution < 1.29 is 28.2 Å². The van der Waals surface area contributed by atoms with Gasteiger partial charge in [0.2, 0.25) is 0 Å². The molecule has 1 aromatic heterocycles. The summed E-state index contributed by atoms with van der Waals surface area (Å²) in [6, 6.07) is 11.4. The Morgan fingerprint density at radius 2 is 1.83 bits per heavy atom. The number of rotatable bonds is 4. The second kappa shape index (κ2) is 7.72. The Labute approximate surface area is 174 Å². The van der Waals surface area contributed by atoms with Crippen LogP contribution in [-0.4, -0.2) is 23.9 Å². The summed E-state index contributed by atoms with van der Waals surface area (Å²) in [5.74, 6) is -3.59. The molecule has 1 unspecified atom stereocenters. The molecule has 1 saturated heterocycles. The van der Waals surface area contributed by atoms with Gasteiger partial charge in [-0.3, -0.25) is 14.5 Å². The van der Waals surface area contributed by atoms with Crippen molar-refractivity contribution in [1.29, 1.82) is 0 Å². The molecule has 152 valence electrons. The number of thiophene rings is 1. The lowest BCUT2D eigenvalue weighted by atomic mass is 9.99. The van der Waals surface area contributed by atoms with Gasteiger partial charge in [-0.15, -0.1) is 11.3 Å². The summed E-state index contributed by atoms with van der Waals surface area (Å²) in [7, 11) is 1.49. The Morgan fingerprint density at radius 1 is 1.10 bits per heavy atom. The highest BCUT2D eigenvalue weighted by Crippen LogP contribution is 2.44. The maximum atomic E-state index is 14.5. The maximum Gasteiger partial charge on any atom is 0.300 e. The van der Waals surface area contributed by atoms with E-state index in [1.54, 1.807) is 41.8 Å². The molecule has 0 radical (unpaired) electrons. The van der Waals surface area contributed by atoms with Crippen LogP contribution in [0.3, 0.4) is 0 Å². The third kappa shape index (κ3) is 3.25. The van der Waals surface area contributed by atoms with Gasteiger partial charge in [0, 0.05) is 16.5 Å². The number of carbonyl (C=O) groups is 2. The highest BCUT2D eigenvalue weighted by atomic mass is 32.1. The van der Waals surface area contributed by atoms with E-state index in [0.29, 0.717) is 22.3 Å². The molecule has 1 atom stereocenters. The number of anilines is 1. The van der Waals surface area contributed by atoms with Gasteiger partial charge in [0.15, 0.2) is 0 Å². The fourth-order valence-corrected chi connectivity index (χ4v) is 4.20. The molecule has 1 amide bonds. The quantitative estimate of drug-likeness (QED) is 0.374. The van der Waals surface area contributed by atoms with Gasteiger partial charge in [-0.1, -0.05) is 6.07 Å². The lowest BCUT2D eigenvalue weighted by molar-refractivity contribution is -0.132. The summed E-state index contributed by atoms with van der Waals surface area (Å²) in [6.45, 7) is 0. The predicted octanol–water partition coefficient (Wildman–Crippen LogP) is 4.66. The highest BCUT2D eigenvalue weighted by Gasteiger charge is 2.48. The van der Waals surface area contributed by atoms with E-state index >= 15 is 0 Å². The minimum atomic E-state index is -1.05. The first kappa shape index (κ1) is 19.8. The van der Waals surface area contributed by atoms with Crippen LogP contribution in [-0.2, 0) is 9.59 Å². The van der Waals surface area contributed by atoms with Crippen molar-refractivity contribution >= 4 is 34.5 Å². The number of methoxy groups -OCH3 is 1. The average Bonchev–Trinajstić information content (AvgIpc) is 3.35. The van der Waals surface area contributed by atoms with Crippen molar-refractivity contribution in [2.45, 2.75) is 6.04 Å². The Kier molecular flexibility index (Phi) is 5.09. The van der Waals surface area contributed by atoms with E-state index in [4.69, 9.17) is 4.74 Å². The number of halogens is 2. The van der Waals surface area contributed by atoms with Crippen LogP contribution in [0.4, 0.5) is 14.5 Å². The molecule has 0 saturated carbocycles. The summed E-state index contributed by atoms with van der Waals surface area (Å²) < 4.78 is 33.0. The molecule has 2 heterocycles. The number of aliphatic hydroxyl groups excluding tert-OH is 1. The van der Waals surface area contributed by atoms with E-state index in [9.17, 15) is 23.5 Å². The zero-order valence-electron chi connectivity index (χ0n) is 15.6. The SMILES string of the molecule is COc1ccc(/C(O)=C2/C(=O)C(=O)N(c3ccc(F)cc3F)C2c2cccs2)cc1. The molecule has 0 spiro atoms. The van der Waals surface area contributed by atoms with Crippen LogP contribution in [0.2, 0.25) is 0 Å². The first-order valence-corrected chi connectivity index (χ1v) is 9.74. The monoisotopic (exact) mass is 427 g/mol. The van der Waals surface area contributed by atoms with Gasteiger partial charge in [-0.25, -0.2) is 8.78 Å². The molecule has 30 heavy (non-hydrogen) atoms. The number of Topliss-reactive ketones (excluding diaryl/α,β-unsaturated/α-hetero) is 1. The fourth-order valence-electron chi connectivity index (χ4n) is 3.38. The van der Waals surface area contributed by atoms with Crippen LogP contribution in [0.15, 0.2) is 65.6 Å². The molecule has 8 heteroatoms. The van der Waals surface area contributed by atoms with Crippen LogP contribution in [0.1, 0.15) is 16.5 Å². The molecule has 1 fully saturated rings. The summed E-state index contributed by atoms with van der Waals surface area (Å²) in [6.07, 6.45) is 0. The lowest BCUT2D eigenvalue weighted by Gasteiger charge is -2.24. The molecular formula is C22H15F2NO4S. The number of amides is 1. The van der Waals surface area contributed by atoms with Crippen molar-refractivity contribution in [2.24, 2.45) is 0 Å². The number of nitrogens with zero attached hydrogens (tertiary/aromatic N) is 1. The fraction of sp³-hybridized carbons (Fsp3) is 0.0909. The van der Waals surface area contributed by atoms with Crippen LogP contribution in [0.5, 0.6) is 5.75 Å². The second-order valence-corrected chi connectivity index (χ2v) is 7.49. The number of aliphatic hydroxyl groups is 1. The Balaban J connectivity index is 1.91. The molecule has 4 rings (SSSR count). The smallest absolute Gasteiger partial charge is 0.300 e. The van der Waals surface area contributed by atoms with Gasteiger partial charge < -0.3 is 9.84 Å². The molecule has 1 aliphatic rings. The number of hydrogen-bond acceptors (Lipinski definition) is 5. The van der Waals surface area contributed by atoms with E-state index in [0.717, 1.165) is 17.0 Å². The largest absolute Gasteiger partial charge is 0.507 e. The molecule has 0 aliphatic carbocycles. The van der Waals surface area contributed by atoms with E-state index in [1.165, 1.54) is 18.4 Å². The van der Waals surface area contributed by atoms with Gasteiger partial charge >= 0.3 is 0 Å². The topological polar surface area (TPSA) is 66.8 Å². The first-order chi connectivity index (χ1) is 14.4. The minimum absolute atomic E-state index is 0.170. The van der Waals surface area contributed by atoms with Crippen molar-refractivity contribution in [3.05, 3.63) is 87.6 Å². The zero-order valence-corrected chi connectivity index (χ0v) is 16.5. The van der Waals surface area contributed by atoms with Crippen molar-refractivity contribution in [2.75, 3.05) is 12.0 Å². The number of hydrogen-bond donors (Lipinski definition) is 1. The Bertz CT molecular complexity index is 1160. The average molecular weight is 427 g/mol. The van der Waals surface area contributed by atoms with E-state index in [2.05, 4.69) is 0 Å². The molecule has 3 aromatic rings. The van der Waals surface area contributed by atoms with Crippen molar-refractivity contribution in [3.63, 3.8) is 0 Å². The second-order valence-electron chi connectivity index (χ2n) is 6.51. The third-order valence-corrected chi connectivity index (χ3v) is 5.71. The summed E-state index contributed by atoms with van der Waals surface area (Å²) in [5, 5.41) is 12.6. The van der Waals surface area contributed by atoms with E-state index in [1.807, 2.05) is 0 Å². The minimum Gasteiger partial charge on any atom is -0.507 e. The van der Waals surface area contributed by atoms with Gasteiger partial charge in [0.05, 0.1) is 18.4 Å². The van der Waals surface area contributed by atoms with Gasteiger partial charge in [0.1, 0.15) is 29.2 Å². The summed E-state index contributed by atoms with van der Waals surface area (Å²) >= 11 is 1.25. The molecular weight excluding hydrogens is 412 g/mol. The third-order valence-electron chi connectivity index (χ3n) is 4.79. The summed E-state index contributed by atoms with van der Waals surface area (Å²) in [4.78, 5) is 27.2. The normalized spacial score (nSPS) is 18.1. The number of ketones is 1. The van der Waals surface area contributed by atoms with E-state index < -0.39 is 29.4 Å². The standard InChI is InChI=1S/C22H15F2NO4S/c1-29-14-7-4-12(5-8-14)20(26)18-19(17-3-2-10-30-17)25(22(28)21(18)27)16-9-6-13(23)11-15(16)24/h2-11,19,26H,1H3/b20-18-. The number of benzene rings is 2. The van der Waals surface area contributed by atoms with Crippen molar-refractivity contribution in [1.82, 2.24) is 0 Å². The maximum absolute atomic E-state index is 14.5. The first-order valence-electron chi connectivity index (χ1n) is 8.86. The van der Waals surface area contributed by atoms with Gasteiger partial charge in [-0.2, -0.15) is 0 Å². The molecule has 1 aliphatic heterocycles.